The van der Waals surface area contributed by atoms with Crippen molar-refractivity contribution in [3.8, 4) is 5.75 Å². The molecule has 0 bridgehead atoms. The van der Waals surface area contributed by atoms with Crippen molar-refractivity contribution < 1.29 is 9.52 Å². The third kappa shape index (κ3) is 1.96. The van der Waals surface area contributed by atoms with Crippen molar-refractivity contribution in [3.63, 3.8) is 0 Å². The van der Waals surface area contributed by atoms with Crippen LogP contribution < -0.4 is 5.43 Å². The molecule has 76 valence electrons. The van der Waals surface area contributed by atoms with E-state index in [1.165, 1.54) is 18.9 Å². The van der Waals surface area contributed by atoms with Gasteiger partial charge in [-0.25, -0.2) is 0 Å². The van der Waals surface area contributed by atoms with Gasteiger partial charge >= 0.3 is 0 Å². The molecular formula is C10H13NO3. The predicted molar refractivity (Wildman–Crippen MR) is 51.2 cm³/mol. The second kappa shape index (κ2) is 3.84. The highest BCUT2D eigenvalue weighted by molar-refractivity contribution is 5.15. The molecule has 1 aromatic heterocycles. The van der Waals surface area contributed by atoms with Crippen LogP contribution in [-0.4, -0.2) is 23.1 Å². The second-order valence-corrected chi connectivity index (χ2v) is 3.58. The van der Waals surface area contributed by atoms with Gasteiger partial charge in [0.05, 0.1) is 6.54 Å². The summed E-state index contributed by atoms with van der Waals surface area (Å²) in [6.07, 6.45) is 3.53. The van der Waals surface area contributed by atoms with Gasteiger partial charge in [0, 0.05) is 6.07 Å². The molecule has 1 aliphatic rings. The Morgan fingerprint density at radius 3 is 2.79 bits per heavy atom. The molecule has 1 saturated heterocycles. The maximum atomic E-state index is 11.1. The highest BCUT2D eigenvalue weighted by Crippen LogP contribution is 2.12. The molecule has 0 spiro atoms. The average molecular weight is 195 g/mol. The van der Waals surface area contributed by atoms with E-state index in [1.807, 2.05) is 0 Å². The summed E-state index contributed by atoms with van der Waals surface area (Å²) < 4.78 is 5.11. The SMILES string of the molecule is O=c1cc(CN2CCCC2)occ1O. The summed E-state index contributed by atoms with van der Waals surface area (Å²) in [7, 11) is 0. The summed E-state index contributed by atoms with van der Waals surface area (Å²) in [5.74, 6) is 0.296. The molecular weight excluding hydrogens is 182 g/mol. The molecule has 2 rings (SSSR count). The zero-order chi connectivity index (χ0) is 9.97. The minimum absolute atomic E-state index is 0.324. The highest BCUT2D eigenvalue weighted by atomic mass is 16.4. The van der Waals surface area contributed by atoms with Gasteiger partial charge < -0.3 is 9.52 Å². The van der Waals surface area contributed by atoms with Gasteiger partial charge in [0.15, 0.2) is 5.75 Å². The standard InChI is InChI=1S/C10H13NO3/c12-9-5-8(14-7-10(9)13)6-11-3-1-2-4-11/h5,7,13H,1-4,6H2. The first-order valence-corrected chi connectivity index (χ1v) is 4.79. The van der Waals surface area contributed by atoms with E-state index >= 15 is 0 Å². The Balaban J connectivity index is 2.09. The normalized spacial score (nSPS) is 17.4. The van der Waals surface area contributed by atoms with Crippen LogP contribution in [0.5, 0.6) is 5.75 Å². The van der Waals surface area contributed by atoms with Gasteiger partial charge in [0.25, 0.3) is 0 Å². The first-order chi connectivity index (χ1) is 6.75. The number of hydrogen-bond donors (Lipinski definition) is 1. The number of likely N-dealkylation sites (tertiary alicyclic amines) is 1. The topological polar surface area (TPSA) is 53.7 Å². The smallest absolute Gasteiger partial charge is 0.226 e. The van der Waals surface area contributed by atoms with Gasteiger partial charge in [0.1, 0.15) is 12.0 Å². The van der Waals surface area contributed by atoms with Crippen molar-refractivity contribution in [3.05, 3.63) is 28.3 Å². The minimum atomic E-state index is -0.370. The van der Waals surface area contributed by atoms with Crippen LogP contribution >= 0.6 is 0 Å². The lowest BCUT2D eigenvalue weighted by Gasteiger charge is -2.12. The van der Waals surface area contributed by atoms with Crippen LogP contribution in [0.1, 0.15) is 18.6 Å². The van der Waals surface area contributed by atoms with Crippen LogP contribution in [0.3, 0.4) is 0 Å². The van der Waals surface area contributed by atoms with E-state index in [0.717, 1.165) is 19.4 Å². The first kappa shape index (κ1) is 9.27. The Kier molecular flexibility index (Phi) is 2.54. The molecule has 0 amide bonds. The van der Waals surface area contributed by atoms with E-state index in [1.54, 1.807) is 0 Å². The minimum Gasteiger partial charge on any atom is -0.502 e. The van der Waals surface area contributed by atoms with Gasteiger partial charge in [-0.05, 0) is 25.9 Å². The zero-order valence-electron chi connectivity index (χ0n) is 7.90. The Bertz CT molecular complexity index is 366. The Morgan fingerprint density at radius 1 is 1.43 bits per heavy atom. The first-order valence-electron chi connectivity index (χ1n) is 4.79. The molecule has 0 atom stereocenters. The molecule has 0 aromatic carbocycles. The van der Waals surface area contributed by atoms with E-state index in [9.17, 15) is 4.79 Å². The summed E-state index contributed by atoms with van der Waals surface area (Å²) in [6, 6.07) is 1.35. The lowest BCUT2D eigenvalue weighted by molar-refractivity contribution is 0.289. The molecule has 4 nitrogen and oxygen atoms in total. The molecule has 0 aliphatic carbocycles. The molecule has 1 aliphatic heterocycles. The van der Waals surface area contributed by atoms with Crippen LogP contribution in [0.25, 0.3) is 0 Å². The van der Waals surface area contributed by atoms with Crippen molar-refractivity contribution in [2.24, 2.45) is 0 Å². The van der Waals surface area contributed by atoms with Gasteiger partial charge in [-0.3, -0.25) is 9.69 Å². The van der Waals surface area contributed by atoms with E-state index in [0.29, 0.717) is 12.3 Å². The summed E-state index contributed by atoms with van der Waals surface area (Å²) >= 11 is 0. The fourth-order valence-corrected chi connectivity index (χ4v) is 1.69. The molecule has 0 saturated carbocycles. The molecule has 1 aromatic rings. The summed E-state index contributed by atoms with van der Waals surface area (Å²) in [4.78, 5) is 13.3. The number of aromatic hydroxyl groups is 1. The molecule has 0 unspecified atom stereocenters. The predicted octanol–water partition coefficient (Wildman–Crippen LogP) is 0.941. The van der Waals surface area contributed by atoms with E-state index in [-0.39, 0.29) is 11.2 Å². The lowest BCUT2D eigenvalue weighted by atomic mass is 10.3. The van der Waals surface area contributed by atoms with Crippen LogP contribution in [-0.2, 0) is 6.54 Å². The zero-order valence-corrected chi connectivity index (χ0v) is 7.90. The third-order valence-electron chi connectivity index (χ3n) is 2.44. The summed E-state index contributed by atoms with van der Waals surface area (Å²) in [6.45, 7) is 2.78. The molecule has 1 N–H and O–H groups in total. The van der Waals surface area contributed by atoms with Crippen molar-refractivity contribution in [1.29, 1.82) is 0 Å². The van der Waals surface area contributed by atoms with Crippen molar-refractivity contribution in [1.82, 2.24) is 4.90 Å². The fraction of sp³-hybridized carbons (Fsp3) is 0.500. The maximum Gasteiger partial charge on any atom is 0.226 e. The highest BCUT2D eigenvalue weighted by Gasteiger charge is 2.13. The second-order valence-electron chi connectivity index (χ2n) is 3.58. The van der Waals surface area contributed by atoms with Gasteiger partial charge in [-0.2, -0.15) is 0 Å². The van der Waals surface area contributed by atoms with Gasteiger partial charge in [-0.1, -0.05) is 0 Å². The fourth-order valence-electron chi connectivity index (χ4n) is 1.69. The van der Waals surface area contributed by atoms with Gasteiger partial charge in [0.2, 0.25) is 5.43 Å². The van der Waals surface area contributed by atoms with Crippen LogP contribution in [0.4, 0.5) is 0 Å². The van der Waals surface area contributed by atoms with Crippen molar-refractivity contribution in [2.45, 2.75) is 19.4 Å². The molecule has 14 heavy (non-hydrogen) atoms. The third-order valence-corrected chi connectivity index (χ3v) is 2.44. The molecule has 4 heteroatoms. The van der Waals surface area contributed by atoms with E-state index < -0.39 is 0 Å². The van der Waals surface area contributed by atoms with E-state index in [4.69, 9.17) is 9.52 Å². The monoisotopic (exact) mass is 195 g/mol. The van der Waals surface area contributed by atoms with Crippen molar-refractivity contribution in [2.75, 3.05) is 13.1 Å². The van der Waals surface area contributed by atoms with Crippen LogP contribution in [0, 0.1) is 0 Å². The van der Waals surface area contributed by atoms with E-state index in [2.05, 4.69) is 4.90 Å². The summed E-state index contributed by atoms with van der Waals surface area (Å²) in [5.41, 5.74) is -0.370. The van der Waals surface area contributed by atoms with Crippen LogP contribution in [0.15, 0.2) is 21.5 Å². The Labute approximate surface area is 81.8 Å². The van der Waals surface area contributed by atoms with Crippen molar-refractivity contribution >= 4 is 0 Å². The quantitative estimate of drug-likeness (QED) is 0.763. The van der Waals surface area contributed by atoms with Gasteiger partial charge in [-0.15, -0.1) is 0 Å². The largest absolute Gasteiger partial charge is 0.502 e. The number of rotatable bonds is 2. The number of nitrogens with zero attached hydrogens (tertiary/aromatic N) is 1. The molecule has 0 radical (unpaired) electrons. The average Bonchev–Trinajstić information content (AvgIpc) is 2.64. The Hall–Kier alpha value is -1.29. The molecule has 2 heterocycles. The lowest BCUT2D eigenvalue weighted by Crippen LogP contribution is -2.19. The van der Waals surface area contributed by atoms with Crippen LogP contribution in [0.2, 0.25) is 0 Å². The molecule has 1 fully saturated rings. The maximum absolute atomic E-state index is 11.1. The number of hydrogen-bond acceptors (Lipinski definition) is 4. The summed E-state index contributed by atoms with van der Waals surface area (Å²) in [5, 5.41) is 8.98. The Morgan fingerprint density at radius 2 is 2.14 bits per heavy atom.